The predicted molar refractivity (Wildman–Crippen MR) is 200 cm³/mol. The van der Waals surface area contributed by atoms with E-state index >= 15 is 0 Å². The molecule has 0 aliphatic carbocycles. The molecule has 1 aromatic carbocycles. The average molecular weight is 762 g/mol. The Balaban J connectivity index is 1.48. The van der Waals surface area contributed by atoms with E-state index in [2.05, 4.69) is 31.1 Å². The molecule has 0 fully saturated rings. The van der Waals surface area contributed by atoms with E-state index in [1.807, 2.05) is 38.1 Å². The number of thiazole rings is 1. The molecule has 4 aromatic rings. The number of aryl methyl sites for hydroxylation is 2. The molecule has 3 atom stereocenters. The number of rotatable bonds is 5. The zero-order valence-electron chi connectivity index (χ0n) is 31.5. The molecule has 17 heteroatoms. The Morgan fingerprint density at radius 3 is 2.37 bits per heavy atom. The van der Waals surface area contributed by atoms with Gasteiger partial charge < -0.3 is 40.2 Å². The van der Waals surface area contributed by atoms with Crippen molar-refractivity contribution in [2.75, 3.05) is 40.3 Å². The van der Waals surface area contributed by atoms with E-state index in [4.69, 9.17) is 4.52 Å². The topological polar surface area (TPSA) is 203 Å². The number of aromatic nitrogens is 3. The first-order valence-corrected chi connectivity index (χ1v) is 18.6. The molecule has 4 N–H and O–H groups in total. The van der Waals surface area contributed by atoms with Crippen molar-refractivity contribution >= 4 is 57.7 Å². The van der Waals surface area contributed by atoms with Crippen LogP contribution in [0.4, 0.5) is 0 Å². The lowest BCUT2D eigenvalue weighted by molar-refractivity contribution is -0.138. The second-order valence-corrected chi connectivity index (χ2v) is 15.0. The highest BCUT2D eigenvalue weighted by atomic mass is 32.1. The highest BCUT2D eigenvalue weighted by Crippen LogP contribution is 2.26. The summed E-state index contributed by atoms with van der Waals surface area (Å²) in [6.45, 7) is 8.01. The average Bonchev–Trinajstić information content (AvgIpc) is 3.86. The maximum Gasteiger partial charge on any atom is 0.271 e. The van der Waals surface area contributed by atoms with Gasteiger partial charge in [0.05, 0.1) is 24.8 Å². The first kappa shape index (κ1) is 39.6. The van der Waals surface area contributed by atoms with E-state index in [9.17, 15) is 28.8 Å². The minimum atomic E-state index is -1.08. The second kappa shape index (κ2) is 17.0. The molecule has 5 rings (SSSR count). The summed E-state index contributed by atoms with van der Waals surface area (Å²) in [5, 5.41) is 15.3. The van der Waals surface area contributed by atoms with Gasteiger partial charge in [-0.25, -0.2) is 4.98 Å². The Bertz CT molecular complexity index is 2020. The summed E-state index contributed by atoms with van der Waals surface area (Å²) in [4.78, 5) is 93.4. The van der Waals surface area contributed by atoms with Gasteiger partial charge in [0.25, 0.3) is 11.8 Å². The summed E-state index contributed by atoms with van der Waals surface area (Å²) in [5.74, 6) is -2.71. The molecule has 0 unspecified atom stereocenters. The lowest BCUT2D eigenvalue weighted by Crippen LogP contribution is -2.53. The molecular weight excluding hydrogens is 715 g/mol. The first-order chi connectivity index (χ1) is 25.6. The van der Waals surface area contributed by atoms with Gasteiger partial charge in [0.1, 0.15) is 34.1 Å². The fraction of sp³-hybridized carbons (Fsp3) is 0.459. The van der Waals surface area contributed by atoms with Crippen LogP contribution in [0.15, 0.2) is 40.4 Å². The Morgan fingerprint density at radius 1 is 0.944 bits per heavy atom. The molecule has 6 amide bonds. The van der Waals surface area contributed by atoms with Crippen LogP contribution in [0.3, 0.4) is 0 Å². The van der Waals surface area contributed by atoms with E-state index < -0.39 is 53.6 Å². The molecule has 1 aliphatic heterocycles. The van der Waals surface area contributed by atoms with Gasteiger partial charge in [-0.2, -0.15) is 0 Å². The number of hydrogen-bond acceptors (Lipinski definition) is 10. The quantitative estimate of drug-likeness (QED) is 0.236. The van der Waals surface area contributed by atoms with Gasteiger partial charge in [0, 0.05) is 56.1 Å². The first-order valence-electron chi connectivity index (χ1n) is 17.7. The van der Waals surface area contributed by atoms with Crippen LogP contribution in [-0.4, -0.2) is 118 Å². The third-order valence-corrected chi connectivity index (χ3v) is 10.2. The second-order valence-electron chi connectivity index (χ2n) is 14.1. The van der Waals surface area contributed by atoms with Gasteiger partial charge in [-0.1, -0.05) is 37.2 Å². The van der Waals surface area contributed by atoms with E-state index in [-0.39, 0.29) is 49.8 Å². The number of amides is 6. The molecule has 1 aliphatic rings. The van der Waals surface area contributed by atoms with Crippen LogP contribution < -0.4 is 16.0 Å². The van der Waals surface area contributed by atoms with Gasteiger partial charge >= 0.3 is 0 Å². The van der Waals surface area contributed by atoms with Crippen molar-refractivity contribution in [3.63, 3.8) is 0 Å². The minimum Gasteiger partial charge on any atom is -0.361 e. The standard InChI is InChI=1S/C37H47N9O7S/c1-20(2)14-27-34-42-29(19-54-34)33(49)41-28(15-24-16-38-26-11-9-8-10-25(24)26)36(51)45(7)17-30(47)39-22(4)35(50)44(6)12-13-46(18-31(48)40-27)37(52)32-21(3)43-53-23(32)5/h8-11,16,19-20,22,27-28,38H,12-15,17-18H2,1-7H3,(H,39,47)(H,40,48)(H,41,49)/t22-,27-,28+/m0/s1. The number of nitrogens with zero attached hydrogens (tertiary/aromatic N) is 5. The summed E-state index contributed by atoms with van der Waals surface area (Å²) in [5.41, 5.74) is 2.30. The molecule has 0 saturated carbocycles. The zero-order chi connectivity index (χ0) is 39.3. The van der Waals surface area contributed by atoms with Crippen molar-refractivity contribution < 1.29 is 33.3 Å². The van der Waals surface area contributed by atoms with Gasteiger partial charge in [-0.05, 0) is 44.7 Å². The van der Waals surface area contributed by atoms with Gasteiger partial charge in [-0.15, -0.1) is 11.3 Å². The molecule has 288 valence electrons. The lowest BCUT2D eigenvalue weighted by Gasteiger charge is -2.28. The largest absolute Gasteiger partial charge is 0.361 e. The van der Waals surface area contributed by atoms with Crippen LogP contribution in [0.1, 0.15) is 76.1 Å². The summed E-state index contributed by atoms with van der Waals surface area (Å²) >= 11 is 1.19. The fourth-order valence-electron chi connectivity index (χ4n) is 6.43. The van der Waals surface area contributed by atoms with Crippen molar-refractivity contribution in [2.45, 2.75) is 65.6 Å². The van der Waals surface area contributed by atoms with Crippen LogP contribution in [0.2, 0.25) is 0 Å². The normalized spacial score (nSPS) is 20.2. The van der Waals surface area contributed by atoms with E-state index in [1.54, 1.807) is 25.4 Å². The third kappa shape index (κ3) is 9.31. The molecule has 3 aromatic heterocycles. The summed E-state index contributed by atoms with van der Waals surface area (Å²) in [6.07, 6.45) is 2.39. The summed E-state index contributed by atoms with van der Waals surface area (Å²) in [7, 11) is 2.99. The molecule has 54 heavy (non-hydrogen) atoms. The van der Waals surface area contributed by atoms with Crippen LogP contribution >= 0.6 is 11.3 Å². The molecule has 0 saturated heterocycles. The Labute approximate surface area is 317 Å². The van der Waals surface area contributed by atoms with E-state index in [0.717, 1.165) is 16.5 Å². The van der Waals surface area contributed by atoms with E-state index in [1.165, 1.54) is 47.1 Å². The van der Waals surface area contributed by atoms with Gasteiger partial charge in [0.2, 0.25) is 23.6 Å². The Hall–Kier alpha value is -5.58. The van der Waals surface area contributed by atoms with Crippen molar-refractivity contribution in [1.82, 2.24) is 45.8 Å². The number of likely N-dealkylation sites (N-methyl/N-ethyl adjacent to an activating group) is 2. The monoisotopic (exact) mass is 761 g/mol. The highest BCUT2D eigenvalue weighted by molar-refractivity contribution is 7.09. The summed E-state index contributed by atoms with van der Waals surface area (Å²) in [6, 6.07) is 4.94. The fourth-order valence-corrected chi connectivity index (χ4v) is 7.29. The number of aromatic amines is 1. The van der Waals surface area contributed by atoms with Gasteiger partial charge in [0.15, 0.2) is 0 Å². The number of hydrogen-bond donors (Lipinski definition) is 4. The van der Waals surface area contributed by atoms with Crippen molar-refractivity contribution in [2.24, 2.45) is 5.92 Å². The molecule has 16 nitrogen and oxygen atoms in total. The molecular formula is C37H47N9O7S. The maximum absolute atomic E-state index is 13.9. The zero-order valence-corrected chi connectivity index (χ0v) is 32.3. The van der Waals surface area contributed by atoms with Crippen molar-refractivity contribution in [3.8, 4) is 0 Å². The number of H-pyrrole nitrogens is 1. The molecule has 0 radical (unpaired) electrons. The SMILES string of the molecule is Cc1noc(C)c1C(=O)N1CCN(C)C(=O)[C@H](C)NC(=O)CN(C)C(=O)[C@@H](Cc2c[nH]c3ccccc23)NC(=O)c2csc(n2)[C@H](CC(C)C)NC(=O)C1. The Morgan fingerprint density at radius 2 is 1.67 bits per heavy atom. The predicted octanol–water partition coefficient (Wildman–Crippen LogP) is 2.35. The van der Waals surface area contributed by atoms with E-state index in [0.29, 0.717) is 22.9 Å². The number of para-hydroxylation sites is 1. The smallest absolute Gasteiger partial charge is 0.271 e. The lowest BCUT2D eigenvalue weighted by atomic mass is 10.0. The van der Waals surface area contributed by atoms with Crippen LogP contribution in [0.25, 0.3) is 10.9 Å². The van der Waals surface area contributed by atoms with Crippen molar-refractivity contribution in [3.05, 3.63) is 69.1 Å². The summed E-state index contributed by atoms with van der Waals surface area (Å²) < 4.78 is 5.22. The van der Waals surface area contributed by atoms with Crippen LogP contribution in [0, 0.1) is 19.8 Å². The van der Waals surface area contributed by atoms with Crippen LogP contribution in [-0.2, 0) is 25.6 Å². The number of benzene rings is 1. The number of carbonyl (C=O) groups excluding carboxylic acids is 6. The Kier molecular flexibility index (Phi) is 12.5. The van der Waals surface area contributed by atoms with Crippen LogP contribution in [0.5, 0.6) is 0 Å². The minimum absolute atomic E-state index is 0.0231. The molecule has 2 bridgehead atoms. The third-order valence-electron chi connectivity index (χ3n) is 9.25. The molecule has 4 heterocycles. The highest BCUT2D eigenvalue weighted by Gasteiger charge is 2.31. The number of carbonyl (C=O) groups is 6. The van der Waals surface area contributed by atoms with Crippen molar-refractivity contribution in [1.29, 1.82) is 0 Å². The number of nitrogens with one attached hydrogen (secondary N) is 4. The van der Waals surface area contributed by atoms with Gasteiger partial charge in [-0.3, -0.25) is 28.8 Å². The maximum atomic E-state index is 13.9. The molecule has 0 spiro atoms. The number of fused-ring (bicyclic) bond motifs is 3.